The number of rotatable bonds is 2. The molecular weight excluding hydrogens is 245 g/mol. The number of alkyl halides is 6. The summed E-state index contributed by atoms with van der Waals surface area (Å²) >= 11 is 0. The van der Waals surface area contributed by atoms with Crippen LogP contribution in [0.2, 0.25) is 0 Å². The Balaban J connectivity index is 0. The summed E-state index contributed by atoms with van der Waals surface area (Å²) in [6.07, 6.45) is -12.3. The van der Waals surface area contributed by atoms with E-state index in [2.05, 4.69) is 4.74 Å². The van der Waals surface area contributed by atoms with Crippen molar-refractivity contribution >= 4 is 5.97 Å². The van der Waals surface area contributed by atoms with E-state index < -0.39 is 23.9 Å². The zero-order chi connectivity index (χ0) is 11.8. The Morgan fingerprint density at radius 1 is 1.07 bits per heavy atom. The van der Waals surface area contributed by atoms with Crippen LogP contribution in [0.1, 0.15) is 0 Å². The SMILES string of the molecule is COC(C(=O)[O-])(C(F)(F)F)C(F)(F)F.[Na+]. The second-order valence-corrected chi connectivity index (χ2v) is 2.17. The third kappa shape index (κ3) is 2.77. The molecule has 0 aliphatic rings. The van der Waals surface area contributed by atoms with Crippen LogP contribution in [0.15, 0.2) is 0 Å². The number of carbonyl (C=O) groups excluding carboxylic acids is 1. The number of carboxylic acid groups (broad SMARTS) is 1. The summed E-state index contributed by atoms with van der Waals surface area (Å²) in [5, 5.41) is 9.87. The molecule has 0 heterocycles. The van der Waals surface area contributed by atoms with Crippen LogP contribution in [0, 0.1) is 0 Å². The number of carboxylic acids is 1. The molecule has 0 amide bonds. The van der Waals surface area contributed by atoms with Crippen LogP contribution in [0.5, 0.6) is 0 Å². The van der Waals surface area contributed by atoms with Gasteiger partial charge in [0, 0.05) is 7.11 Å². The molecular formula is C5H3F6NaO3. The van der Waals surface area contributed by atoms with Crippen molar-refractivity contribution in [2.45, 2.75) is 18.0 Å². The van der Waals surface area contributed by atoms with Gasteiger partial charge < -0.3 is 14.6 Å². The Kier molecular flexibility index (Phi) is 5.68. The average molecular weight is 248 g/mol. The van der Waals surface area contributed by atoms with Gasteiger partial charge in [-0.05, 0) is 0 Å². The maximum absolute atomic E-state index is 11.9. The zero-order valence-corrected chi connectivity index (χ0v) is 9.49. The molecule has 0 rings (SSSR count). The Morgan fingerprint density at radius 2 is 1.33 bits per heavy atom. The maximum atomic E-state index is 11.9. The van der Waals surface area contributed by atoms with Crippen molar-refractivity contribution < 1.29 is 70.5 Å². The van der Waals surface area contributed by atoms with Gasteiger partial charge in [-0.2, -0.15) is 26.3 Å². The van der Waals surface area contributed by atoms with Crippen LogP contribution >= 0.6 is 0 Å². The second kappa shape index (κ2) is 4.89. The van der Waals surface area contributed by atoms with Crippen molar-refractivity contribution in [1.82, 2.24) is 0 Å². The van der Waals surface area contributed by atoms with E-state index in [1.807, 2.05) is 0 Å². The molecule has 0 atom stereocenters. The minimum atomic E-state index is -6.14. The monoisotopic (exact) mass is 248 g/mol. The van der Waals surface area contributed by atoms with Gasteiger partial charge in [0.2, 0.25) is 0 Å². The fourth-order valence-corrected chi connectivity index (χ4v) is 0.707. The van der Waals surface area contributed by atoms with Gasteiger partial charge in [0.15, 0.2) is 0 Å². The van der Waals surface area contributed by atoms with E-state index in [4.69, 9.17) is 0 Å². The number of hydrogen-bond donors (Lipinski definition) is 0. The third-order valence-electron chi connectivity index (χ3n) is 1.39. The van der Waals surface area contributed by atoms with Gasteiger partial charge in [-0.1, -0.05) is 0 Å². The summed E-state index contributed by atoms with van der Waals surface area (Å²) < 4.78 is 74.2. The first kappa shape index (κ1) is 17.4. The van der Waals surface area contributed by atoms with E-state index in [1.54, 1.807) is 0 Å². The zero-order valence-electron chi connectivity index (χ0n) is 7.49. The summed E-state index contributed by atoms with van der Waals surface area (Å²) in [5.74, 6) is -3.40. The topological polar surface area (TPSA) is 49.4 Å². The first-order valence-corrected chi connectivity index (χ1v) is 2.90. The first-order valence-electron chi connectivity index (χ1n) is 2.90. The normalized spacial score (nSPS) is 13.3. The van der Waals surface area contributed by atoms with Crippen molar-refractivity contribution in [3.8, 4) is 0 Å². The maximum Gasteiger partial charge on any atom is 1.00 e. The van der Waals surface area contributed by atoms with Crippen molar-refractivity contribution in [1.29, 1.82) is 0 Å². The largest absolute Gasteiger partial charge is 1.00 e. The van der Waals surface area contributed by atoms with Crippen LogP contribution in [0.3, 0.4) is 0 Å². The third-order valence-corrected chi connectivity index (χ3v) is 1.39. The molecule has 0 saturated heterocycles. The van der Waals surface area contributed by atoms with Gasteiger partial charge >= 0.3 is 41.9 Å². The minimum Gasteiger partial charge on any atom is -0.546 e. The average Bonchev–Trinajstić information content (AvgIpc) is 1.80. The summed E-state index contributed by atoms with van der Waals surface area (Å²) in [7, 11) is -0.0171. The number of ether oxygens (including phenoxy) is 1. The smallest absolute Gasteiger partial charge is 0.546 e. The predicted octanol–water partition coefficient (Wildman–Crippen LogP) is -2.75. The molecule has 0 fully saturated rings. The predicted molar refractivity (Wildman–Crippen MR) is 26.9 cm³/mol. The summed E-state index contributed by atoms with van der Waals surface area (Å²) in [5.41, 5.74) is -5.28. The van der Waals surface area contributed by atoms with Crippen molar-refractivity contribution in [2.24, 2.45) is 0 Å². The molecule has 3 nitrogen and oxygen atoms in total. The molecule has 0 aromatic rings. The molecule has 0 aliphatic heterocycles. The Labute approximate surface area is 102 Å². The molecule has 0 aromatic carbocycles. The Hall–Kier alpha value is 0.01000. The van der Waals surface area contributed by atoms with Gasteiger partial charge in [-0.15, -0.1) is 0 Å². The number of hydrogen-bond acceptors (Lipinski definition) is 3. The van der Waals surface area contributed by atoms with Crippen LogP contribution in [0.4, 0.5) is 26.3 Å². The molecule has 0 unspecified atom stereocenters. The summed E-state index contributed by atoms with van der Waals surface area (Å²) in [4.78, 5) is 9.87. The number of methoxy groups -OCH3 is 1. The van der Waals surface area contributed by atoms with Gasteiger partial charge in [-0.3, -0.25) is 0 Å². The van der Waals surface area contributed by atoms with Crippen molar-refractivity contribution in [3.05, 3.63) is 0 Å². The van der Waals surface area contributed by atoms with Crippen LogP contribution in [0.25, 0.3) is 0 Å². The quantitative estimate of drug-likeness (QED) is 0.393. The second-order valence-electron chi connectivity index (χ2n) is 2.17. The molecule has 0 radical (unpaired) electrons. The van der Waals surface area contributed by atoms with Gasteiger partial charge in [0.05, 0.1) is 5.97 Å². The summed E-state index contributed by atoms with van der Waals surface area (Å²) in [6, 6.07) is 0. The molecule has 15 heavy (non-hydrogen) atoms. The number of aliphatic carboxylic acids is 1. The van der Waals surface area contributed by atoms with E-state index in [1.165, 1.54) is 0 Å². The van der Waals surface area contributed by atoms with E-state index in [-0.39, 0.29) is 36.7 Å². The minimum absolute atomic E-state index is 0. The van der Waals surface area contributed by atoms with Crippen molar-refractivity contribution in [3.63, 3.8) is 0 Å². The van der Waals surface area contributed by atoms with E-state index in [0.717, 1.165) is 0 Å². The summed E-state index contributed by atoms with van der Waals surface area (Å²) in [6.45, 7) is 0. The number of halogens is 6. The Morgan fingerprint density at radius 3 is 1.33 bits per heavy atom. The molecule has 10 heteroatoms. The van der Waals surface area contributed by atoms with Gasteiger partial charge in [-0.25, -0.2) is 0 Å². The fraction of sp³-hybridized carbons (Fsp3) is 0.800. The molecule has 0 aromatic heterocycles. The molecule has 0 saturated carbocycles. The van der Waals surface area contributed by atoms with Crippen LogP contribution < -0.4 is 34.7 Å². The molecule has 0 bridgehead atoms. The van der Waals surface area contributed by atoms with E-state index in [9.17, 15) is 36.2 Å². The molecule has 84 valence electrons. The van der Waals surface area contributed by atoms with E-state index in [0.29, 0.717) is 0 Å². The van der Waals surface area contributed by atoms with E-state index >= 15 is 0 Å². The first-order chi connectivity index (χ1) is 6.00. The van der Waals surface area contributed by atoms with Crippen LogP contribution in [-0.4, -0.2) is 31.0 Å². The standard InChI is InChI=1S/C5H4F6O3.Na/c1-14-3(2(12)13,4(6,7)8)5(9,10)11;/h1H3,(H,12,13);/q;+1/p-1. The Bertz CT molecular complexity index is 220. The molecule has 0 N–H and O–H groups in total. The molecule has 0 aliphatic carbocycles. The molecule has 0 spiro atoms. The van der Waals surface area contributed by atoms with Gasteiger partial charge in [0.1, 0.15) is 0 Å². The van der Waals surface area contributed by atoms with Gasteiger partial charge in [0.25, 0.3) is 5.60 Å². The number of carbonyl (C=O) groups is 1. The van der Waals surface area contributed by atoms with Crippen molar-refractivity contribution in [2.75, 3.05) is 7.11 Å². The van der Waals surface area contributed by atoms with Crippen LogP contribution in [-0.2, 0) is 9.53 Å². The fourth-order valence-electron chi connectivity index (χ4n) is 0.707.